The number of nitrogens with zero attached hydrogens (tertiary/aromatic N) is 1. The topological polar surface area (TPSA) is 77.2 Å². The van der Waals surface area contributed by atoms with Gasteiger partial charge in [-0.05, 0) is 18.2 Å². The Morgan fingerprint density at radius 3 is 2.95 bits per heavy atom. The van der Waals surface area contributed by atoms with Gasteiger partial charge in [-0.25, -0.2) is 4.39 Å². The first-order chi connectivity index (χ1) is 9.69. The van der Waals surface area contributed by atoms with Crippen LogP contribution < -0.4 is 15.8 Å². The van der Waals surface area contributed by atoms with Gasteiger partial charge in [-0.1, -0.05) is 6.07 Å². The van der Waals surface area contributed by atoms with Crippen molar-refractivity contribution in [2.75, 3.05) is 18.5 Å². The summed E-state index contributed by atoms with van der Waals surface area (Å²) in [6.07, 6.45) is 2.34. The lowest BCUT2D eigenvalue weighted by Crippen LogP contribution is -2.13. The van der Waals surface area contributed by atoms with Gasteiger partial charge >= 0.3 is 0 Å². The van der Waals surface area contributed by atoms with Crippen LogP contribution in [0.2, 0.25) is 0 Å². The molecule has 20 heavy (non-hydrogen) atoms. The normalized spacial score (nSPS) is 10.1. The van der Waals surface area contributed by atoms with Gasteiger partial charge in [0.25, 0.3) is 5.91 Å². The highest BCUT2D eigenvalue weighted by Crippen LogP contribution is 2.18. The van der Waals surface area contributed by atoms with Crippen LogP contribution in [0.25, 0.3) is 0 Å². The zero-order valence-electron chi connectivity index (χ0n) is 10.7. The second kappa shape index (κ2) is 6.63. The Labute approximate surface area is 115 Å². The number of nitrogens with one attached hydrogen (secondary N) is 1. The highest BCUT2D eigenvalue weighted by molar-refractivity contribution is 6.04. The van der Waals surface area contributed by atoms with E-state index in [9.17, 15) is 9.18 Å². The maximum Gasteiger partial charge on any atom is 0.257 e. The Hall–Kier alpha value is -2.47. The summed E-state index contributed by atoms with van der Waals surface area (Å²) in [4.78, 5) is 15.5. The first-order valence-corrected chi connectivity index (χ1v) is 6.04. The van der Waals surface area contributed by atoms with Crippen molar-refractivity contribution in [3.63, 3.8) is 0 Å². The van der Waals surface area contributed by atoms with Crippen LogP contribution in [0.15, 0.2) is 42.7 Å². The molecule has 1 heterocycles. The van der Waals surface area contributed by atoms with Gasteiger partial charge in [0.05, 0.1) is 11.8 Å². The summed E-state index contributed by atoms with van der Waals surface area (Å²) in [6, 6.07) is 8.00. The number of amides is 1. The van der Waals surface area contributed by atoms with Crippen molar-refractivity contribution >= 4 is 11.6 Å². The van der Waals surface area contributed by atoms with Gasteiger partial charge < -0.3 is 15.8 Å². The molecule has 5 nitrogen and oxygen atoms in total. The molecule has 0 aliphatic carbocycles. The van der Waals surface area contributed by atoms with Gasteiger partial charge in [0.15, 0.2) is 0 Å². The van der Waals surface area contributed by atoms with E-state index in [1.54, 1.807) is 24.3 Å². The second-order valence-electron chi connectivity index (χ2n) is 4.01. The van der Waals surface area contributed by atoms with Crippen LogP contribution in [0.3, 0.4) is 0 Å². The number of benzene rings is 1. The number of anilines is 1. The number of rotatable bonds is 5. The molecule has 0 saturated heterocycles. The third kappa shape index (κ3) is 3.76. The van der Waals surface area contributed by atoms with E-state index in [0.29, 0.717) is 24.6 Å². The van der Waals surface area contributed by atoms with E-state index in [1.165, 1.54) is 6.20 Å². The summed E-state index contributed by atoms with van der Waals surface area (Å²) in [5, 5.41) is 2.65. The van der Waals surface area contributed by atoms with Crippen LogP contribution in [-0.4, -0.2) is 24.0 Å². The molecular formula is C14H14FN3O2. The Bertz CT molecular complexity index is 604. The molecule has 0 atom stereocenters. The van der Waals surface area contributed by atoms with E-state index in [4.69, 9.17) is 10.5 Å². The third-order valence-corrected chi connectivity index (χ3v) is 2.45. The van der Waals surface area contributed by atoms with Crippen LogP contribution in [0, 0.1) is 5.82 Å². The van der Waals surface area contributed by atoms with Gasteiger partial charge in [0, 0.05) is 24.5 Å². The summed E-state index contributed by atoms with van der Waals surface area (Å²) in [5.41, 5.74) is 6.05. The van der Waals surface area contributed by atoms with Crippen molar-refractivity contribution in [2.45, 2.75) is 0 Å². The average Bonchev–Trinajstić information content (AvgIpc) is 2.45. The third-order valence-electron chi connectivity index (χ3n) is 2.45. The minimum Gasteiger partial charge on any atom is -0.492 e. The molecule has 0 aliphatic heterocycles. The molecule has 0 bridgehead atoms. The fourth-order valence-electron chi connectivity index (χ4n) is 1.58. The predicted molar refractivity (Wildman–Crippen MR) is 73.1 cm³/mol. The Morgan fingerprint density at radius 2 is 2.20 bits per heavy atom. The molecule has 104 valence electrons. The summed E-state index contributed by atoms with van der Waals surface area (Å²) in [7, 11) is 0. The van der Waals surface area contributed by atoms with Crippen molar-refractivity contribution in [1.29, 1.82) is 0 Å². The van der Waals surface area contributed by atoms with E-state index in [0.717, 1.165) is 12.3 Å². The Morgan fingerprint density at radius 1 is 1.35 bits per heavy atom. The van der Waals surface area contributed by atoms with Gasteiger partial charge in [0.2, 0.25) is 0 Å². The molecule has 1 aromatic heterocycles. The summed E-state index contributed by atoms with van der Waals surface area (Å²) in [6.45, 7) is 0.802. The van der Waals surface area contributed by atoms with Crippen LogP contribution in [0.4, 0.5) is 10.1 Å². The van der Waals surface area contributed by atoms with Crippen molar-refractivity contribution < 1.29 is 13.9 Å². The molecule has 1 aromatic carbocycles. The highest BCUT2D eigenvalue weighted by atomic mass is 19.1. The van der Waals surface area contributed by atoms with E-state index in [1.807, 2.05) is 0 Å². The summed E-state index contributed by atoms with van der Waals surface area (Å²) < 4.78 is 18.3. The highest BCUT2D eigenvalue weighted by Gasteiger charge is 2.08. The standard InChI is InChI=1S/C14H14FN3O2/c15-11-6-10(8-17-9-11)14(19)18-12-2-1-3-13(7-12)20-5-4-16/h1-3,6-9H,4-5,16H2,(H,18,19). The summed E-state index contributed by atoms with van der Waals surface area (Å²) >= 11 is 0. The molecular weight excluding hydrogens is 261 g/mol. The maximum atomic E-state index is 13.0. The molecule has 0 aliphatic rings. The monoisotopic (exact) mass is 275 g/mol. The number of pyridine rings is 1. The number of carbonyl (C=O) groups is 1. The maximum absolute atomic E-state index is 13.0. The Balaban J connectivity index is 2.07. The van der Waals surface area contributed by atoms with Gasteiger partial charge in [-0.2, -0.15) is 0 Å². The number of hydrogen-bond donors (Lipinski definition) is 2. The molecule has 3 N–H and O–H groups in total. The molecule has 2 aromatic rings. The minimum atomic E-state index is -0.558. The largest absolute Gasteiger partial charge is 0.492 e. The molecule has 0 saturated carbocycles. The number of nitrogens with two attached hydrogens (primary N) is 1. The first kappa shape index (κ1) is 14.0. The molecule has 2 rings (SSSR count). The lowest BCUT2D eigenvalue weighted by atomic mass is 10.2. The van der Waals surface area contributed by atoms with Gasteiger partial charge in [-0.3, -0.25) is 9.78 Å². The van der Waals surface area contributed by atoms with E-state index in [2.05, 4.69) is 10.3 Å². The molecule has 6 heteroatoms. The number of carbonyl (C=O) groups excluding carboxylic acids is 1. The zero-order valence-corrected chi connectivity index (χ0v) is 10.7. The Kier molecular flexibility index (Phi) is 4.62. The number of hydrogen-bond acceptors (Lipinski definition) is 4. The minimum absolute atomic E-state index is 0.151. The SMILES string of the molecule is NCCOc1cccc(NC(=O)c2cncc(F)c2)c1. The van der Waals surface area contributed by atoms with E-state index >= 15 is 0 Å². The van der Waals surface area contributed by atoms with Crippen molar-refractivity contribution in [3.8, 4) is 5.75 Å². The number of ether oxygens (including phenoxy) is 1. The van der Waals surface area contributed by atoms with Crippen LogP contribution in [0.5, 0.6) is 5.75 Å². The van der Waals surface area contributed by atoms with E-state index in [-0.39, 0.29) is 5.56 Å². The van der Waals surface area contributed by atoms with Gasteiger partial charge in [-0.15, -0.1) is 0 Å². The second-order valence-corrected chi connectivity index (χ2v) is 4.01. The fraction of sp³-hybridized carbons (Fsp3) is 0.143. The summed E-state index contributed by atoms with van der Waals surface area (Å²) in [5.74, 6) is -0.392. The van der Waals surface area contributed by atoms with Crippen molar-refractivity contribution in [1.82, 2.24) is 4.98 Å². The molecule has 0 radical (unpaired) electrons. The lowest BCUT2D eigenvalue weighted by molar-refractivity contribution is 0.102. The smallest absolute Gasteiger partial charge is 0.257 e. The average molecular weight is 275 g/mol. The fourth-order valence-corrected chi connectivity index (χ4v) is 1.58. The molecule has 0 unspecified atom stereocenters. The van der Waals surface area contributed by atoms with Crippen LogP contribution in [0.1, 0.15) is 10.4 Å². The molecule has 1 amide bonds. The number of halogens is 1. The predicted octanol–water partition coefficient (Wildman–Crippen LogP) is 1.81. The van der Waals surface area contributed by atoms with Crippen molar-refractivity contribution in [2.24, 2.45) is 5.73 Å². The quantitative estimate of drug-likeness (QED) is 0.872. The van der Waals surface area contributed by atoms with Crippen LogP contribution in [-0.2, 0) is 0 Å². The number of aromatic nitrogens is 1. The van der Waals surface area contributed by atoms with Crippen LogP contribution >= 0.6 is 0 Å². The molecule has 0 spiro atoms. The van der Waals surface area contributed by atoms with Crippen molar-refractivity contribution in [3.05, 3.63) is 54.1 Å². The van der Waals surface area contributed by atoms with E-state index < -0.39 is 11.7 Å². The zero-order chi connectivity index (χ0) is 14.4. The molecule has 0 fully saturated rings. The van der Waals surface area contributed by atoms with Gasteiger partial charge in [0.1, 0.15) is 18.2 Å². The lowest BCUT2D eigenvalue weighted by Gasteiger charge is -2.08. The first-order valence-electron chi connectivity index (χ1n) is 6.04.